The Kier molecular flexibility index (Phi) is 4.29. The minimum absolute atomic E-state index is 0.0584. The van der Waals surface area contributed by atoms with Crippen LogP contribution in [0.15, 0.2) is 24.3 Å². The molecule has 1 heterocycles. The number of alkyl halides is 3. The number of carboxylic acids is 1. The summed E-state index contributed by atoms with van der Waals surface area (Å²) in [5.74, 6) is -1.10. The Bertz CT molecular complexity index is 490. The molecule has 1 fully saturated rings. The molecule has 0 aliphatic carbocycles. The van der Waals surface area contributed by atoms with Gasteiger partial charge in [0.2, 0.25) is 0 Å². The van der Waals surface area contributed by atoms with Gasteiger partial charge in [-0.05, 0) is 11.6 Å². The number of ether oxygens (including phenoxy) is 1. The summed E-state index contributed by atoms with van der Waals surface area (Å²) in [6.45, 7) is 0.755. The molecule has 0 aromatic heterocycles. The van der Waals surface area contributed by atoms with E-state index >= 15 is 0 Å². The molecule has 4 nitrogen and oxygen atoms in total. The molecule has 0 spiro atoms. The lowest BCUT2D eigenvalue weighted by Crippen LogP contribution is -2.45. The van der Waals surface area contributed by atoms with Gasteiger partial charge in [-0.15, -0.1) is 0 Å². The number of halogens is 3. The predicted molar refractivity (Wildman–Crippen MR) is 64.1 cm³/mol. The van der Waals surface area contributed by atoms with Gasteiger partial charge < -0.3 is 9.84 Å². The van der Waals surface area contributed by atoms with Gasteiger partial charge >= 0.3 is 12.1 Å². The molecule has 0 amide bonds. The SMILES string of the molecule is O=C(O)C1CN(Cc2ccccc2C(F)(F)F)CCO1. The van der Waals surface area contributed by atoms with E-state index in [9.17, 15) is 18.0 Å². The Balaban J connectivity index is 2.12. The number of nitrogens with zero attached hydrogens (tertiary/aromatic N) is 1. The largest absolute Gasteiger partial charge is 0.479 e. The zero-order valence-corrected chi connectivity index (χ0v) is 10.6. The fraction of sp³-hybridized carbons (Fsp3) is 0.462. The Labute approximate surface area is 113 Å². The first-order valence-corrected chi connectivity index (χ1v) is 6.10. The van der Waals surface area contributed by atoms with Crippen molar-refractivity contribution in [2.45, 2.75) is 18.8 Å². The van der Waals surface area contributed by atoms with Gasteiger partial charge in [-0.2, -0.15) is 13.2 Å². The summed E-state index contributed by atoms with van der Waals surface area (Å²) in [6, 6.07) is 5.32. The topological polar surface area (TPSA) is 49.8 Å². The van der Waals surface area contributed by atoms with Gasteiger partial charge in [-0.1, -0.05) is 18.2 Å². The molecule has 1 aliphatic rings. The first-order valence-electron chi connectivity index (χ1n) is 6.10. The molecule has 1 aliphatic heterocycles. The van der Waals surface area contributed by atoms with Crippen molar-refractivity contribution in [3.8, 4) is 0 Å². The zero-order valence-electron chi connectivity index (χ0n) is 10.6. The van der Waals surface area contributed by atoms with Crippen LogP contribution in [0.5, 0.6) is 0 Å². The van der Waals surface area contributed by atoms with Gasteiger partial charge in [0.05, 0.1) is 12.2 Å². The molecule has 7 heteroatoms. The second-order valence-corrected chi connectivity index (χ2v) is 4.59. The minimum Gasteiger partial charge on any atom is -0.479 e. The Morgan fingerprint density at radius 3 is 2.75 bits per heavy atom. The van der Waals surface area contributed by atoms with Crippen molar-refractivity contribution >= 4 is 5.97 Å². The summed E-state index contributed by atoms with van der Waals surface area (Å²) in [5.41, 5.74) is -0.538. The summed E-state index contributed by atoms with van der Waals surface area (Å²) in [5, 5.41) is 8.87. The van der Waals surface area contributed by atoms with Crippen molar-refractivity contribution in [2.75, 3.05) is 19.7 Å². The third-order valence-electron chi connectivity index (χ3n) is 3.14. The van der Waals surface area contributed by atoms with Crippen LogP contribution in [-0.4, -0.2) is 41.8 Å². The number of aliphatic carboxylic acids is 1. The van der Waals surface area contributed by atoms with E-state index in [0.717, 1.165) is 6.07 Å². The average Bonchev–Trinajstić information content (AvgIpc) is 2.38. The van der Waals surface area contributed by atoms with E-state index in [2.05, 4.69) is 0 Å². The molecule has 1 aromatic carbocycles. The zero-order chi connectivity index (χ0) is 14.8. The normalized spacial score (nSPS) is 20.9. The Morgan fingerprint density at radius 1 is 1.40 bits per heavy atom. The minimum atomic E-state index is -4.41. The molecule has 20 heavy (non-hydrogen) atoms. The van der Waals surface area contributed by atoms with Gasteiger partial charge in [0.15, 0.2) is 6.10 Å². The van der Waals surface area contributed by atoms with Crippen molar-refractivity contribution in [1.29, 1.82) is 0 Å². The molecule has 1 atom stereocenters. The van der Waals surface area contributed by atoms with Crippen molar-refractivity contribution < 1.29 is 27.8 Å². The highest BCUT2D eigenvalue weighted by molar-refractivity contribution is 5.72. The predicted octanol–water partition coefficient (Wildman–Crippen LogP) is 1.99. The lowest BCUT2D eigenvalue weighted by molar-refractivity contribution is -0.156. The lowest BCUT2D eigenvalue weighted by atomic mass is 10.1. The molecule has 1 saturated heterocycles. The van der Waals surface area contributed by atoms with E-state index in [1.807, 2.05) is 0 Å². The van der Waals surface area contributed by atoms with Crippen LogP contribution in [0.4, 0.5) is 13.2 Å². The molecule has 1 unspecified atom stereocenters. The summed E-state index contributed by atoms with van der Waals surface area (Å²) < 4.78 is 43.7. The maximum Gasteiger partial charge on any atom is 0.416 e. The Morgan fingerprint density at radius 2 is 2.10 bits per heavy atom. The van der Waals surface area contributed by atoms with Crippen LogP contribution < -0.4 is 0 Å². The summed E-state index contributed by atoms with van der Waals surface area (Å²) in [7, 11) is 0. The molecule has 1 aromatic rings. The van der Waals surface area contributed by atoms with Crippen molar-refractivity contribution in [3.63, 3.8) is 0 Å². The smallest absolute Gasteiger partial charge is 0.416 e. The molecule has 0 bridgehead atoms. The van der Waals surface area contributed by atoms with Crippen LogP contribution in [0.25, 0.3) is 0 Å². The van der Waals surface area contributed by atoms with Crippen LogP contribution in [-0.2, 0) is 22.3 Å². The van der Waals surface area contributed by atoms with Crippen molar-refractivity contribution in [1.82, 2.24) is 4.90 Å². The molecule has 0 radical (unpaired) electrons. The number of carboxylic acid groups (broad SMARTS) is 1. The van der Waals surface area contributed by atoms with Gasteiger partial charge in [0.25, 0.3) is 0 Å². The molecule has 110 valence electrons. The highest BCUT2D eigenvalue weighted by Crippen LogP contribution is 2.32. The van der Waals surface area contributed by atoms with Gasteiger partial charge in [0.1, 0.15) is 0 Å². The van der Waals surface area contributed by atoms with E-state index in [0.29, 0.717) is 6.54 Å². The van der Waals surface area contributed by atoms with Crippen LogP contribution in [0, 0.1) is 0 Å². The quantitative estimate of drug-likeness (QED) is 0.924. The van der Waals surface area contributed by atoms with Gasteiger partial charge in [-0.25, -0.2) is 4.79 Å². The molecule has 2 rings (SSSR count). The number of morpholine rings is 1. The third kappa shape index (κ3) is 3.49. The Hall–Kier alpha value is -1.60. The maximum absolute atomic E-state index is 12.9. The molecular formula is C13H14F3NO3. The molecular weight excluding hydrogens is 275 g/mol. The van der Waals surface area contributed by atoms with E-state index in [1.54, 1.807) is 11.0 Å². The summed E-state index contributed by atoms with van der Waals surface area (Å²) in [6.07, 6.45) is -5.39. The number of benzene rings is 1. The third-order valence-corrected chi connectivity index (χ3v) is 3.14. The van der Waals surface area contributed by atoms with Crippen LogP contribution in [0.1, 0.15) is 11.1 Å². The van der Waals surface area contributed by atoms with Crippen LogP contribution >= 0.6 is 0 Å². The number of carbonyl (C=O) groups is 1. The monoisotopic (exact) mass is 289 g/mol. The molecule has 1 N–H and O–H groups in total. The van der Waals surface area contributed by atoms with Crippen molar-refractivity contribution in [2.24, 2.45) is 0 Å². The first-order chi connectivity index (χ1) is 9.38. The molecule has 0 saturated carbocycles. The highest BCUT2D eigenvalue weighted by Gasteiger charge is 2.34. The lowest BCUT2D eigenvalue weighted by Gasteiger charge is -2.31. The van der Waals surface area contributed by atoms with Crippen molar-refractivity contribution in [3.05, 3.63) is 35.4 Å². The van der Waals surface area contributed by atoms with Crippen LogP contribution in [0.2, 0.25) is 0 Å². The summed E-state index contributed by atoms with van der Waals surface area (Å²) >= 11 is 0. The number of rotatable bonds is 3. The second-order valence-electron chi connectivity index (χ2n) is 4.59. The first kappa shape index (κ1) is 14.8. The second kappa shape index (κ2) is 5.80. The van der Waals surface area contributed by atoms with Gasteiger partial charge in [0, 0.05) is 19.6 Å². The highest BCUT2D eigenvalue weighted by atomic mass is 19.4. The van der Waals surface area contributed by atoms with Gasteiger partial charge in [-0.3, -0.25) is 4.90 Å². The van der Waals surface area contributed by atoms with E-state index in [-0.39, 0.29) is 25.3 Å². The fourth-order valence-corrected chi connectivity index (χ4v) is 2.17. The number of hydrogen-bond donors (Lipinski definition) is 1. The van der Waals surface area contributed by atoms with E-state index in [4.69, 9.17) is 9.84 Å². The summed E-state index contributed by atoms with van der Waals surface area (Å²) in [4.78, 5) is 12.5. The average molecular weight is 289 g/mol. The van der Waals surface area contributed by atoms with E-state index < -0.39 is 23.8 Å². The number of hydrogen-bond acceptors (Lipinski definition) is 3. The maximum atomic E-state index is 12.9. The standard InChI is InChI=1S/C13H14F3NO3/c14-13(15,16)10-4-2-1-3-9(10)7-17-5-6-20-11(8-17)12(18)19/h1-4,11H,5-8H2,(H,18,19). The fourth-order valence-electron chi connectivity index (χ4n) is 2.17. The van der Waals surface area contributed by atoms with Crippen LogP contribution in [0.3, 0.4) is 0 Å². The van der Waals surface area contributed by atoms with E-state index in [1.165, 1.54) is 12.1 Å².